The SMILES string of the molecule is CCOC(C)OC(C)=S. The third-order valence-corrected chi connectivity index (χ3v) is 0.830. The van der Waals surface area contributed by atoms with Crippen LogP contribution in [-0.2, 0) is 9.47 Å². The zero-order chi connectivity index (χ0) is 7.28. The summed E-state index contributed by atoms with van der Waals surface area (Å²) in [6, 6.07) is 0. The molecule has 9 heavy (non-hydrogen) atoms. The number of hydrogen-bond donors (Lipinski definition) is 0. The first-order valence-corrected chi connectivity index (χ1v) is 3.36. The molecule has 0 aromatic heterocycles. The normalized spacial score (nSPS) is 12.8. The molecule has 0 fully saturated rings. The molecule has 0 aromatic rings. The lowest BCUT2D eigenvalue weighted by atomic mass is 10.7. The Labute approximate surface area is 61.1 Å². The van der Waals surface area contributed by atoms with Crippen LogP contribution in [0.1, 0.15) is 20.8 Å². The molecule has 0 bridgehead atoms. The third-order valence-electron chi connectivity index (χ3n) is 0.733. The summed E-state index contributed by atoms with van der Waals surface area (Å²) in [5.41, 5.74) is 0. The highest BCUT2D eigenvalue weighted by Crippen LogP contribution is 1.93. The topological polar surface area (TPSA) is 18.5 Å². The average molecular weight is 148 g/mol. The molecule has 2 nitrogen and oxygen atoms in total. The van der Waals surface area contributed by atoms with Crippen LogP contribution in [0, 0.1) is 0 Å². The van der Waals surface area contributed by atoms with Crippen molar-refractivity contribution in [2.75, 3.05) is 6.61 Å². The van der Waals surface area contributed by atoms with Gasteiger partial charge in [0.1, 0.15) is 0 Å². The molecule has 0 saturated heterocycles. The van der Waals surface area contributed by atoms with Gasteiger partial charge in [0.15, 0.2) is 11.3 Å². The second-order valence-electron chi connectivity index (χ2n) is 1.63. The van der Waals surface area contributed by atoms with E-state index in [1.54, 1.807) is 6.92 Å². The van der Waals surface area contributed by atoms with Gasteiger partial charge in [0.25, 0.3) is 0 Å². The summed E-state index contributed by atoms with van der Waals surface area (Å²) in [5.74, 6) is 0. The van der Waals surface area contributed by atoms with Gasteiger partial charge >= 0.3 is 0 Å². The van der Waals surface area contributed by atoms with E-state index >= 15 is 0 Å². The van der Waals surface area contributed by atoms with Gasteiger partial charge in [0.05, 0.1) is 0 Å². The molecule has 0 amide bonds. The fourth-order valence-corrected chi connectivity index (χ4v) is 0.638. The Morgan fingerprint density at radius 1 is 1.67 bits per heavy atom. The molecular formula is C6H12O2S. The maximum atomic E-state index is 5.04. The van der Waals surface area contributed by atoms with Gasteiger partial charge in [-0.05, 0) is 26.1 Å². The fourth-order valence-electron chi connectivity index (χ4n) is 0.502. The molecule has 0 N–H and O–H groups in total. The van der Waals surface area contributed by atoms with Crippen LogP contribution in [0.3, 0.4) is 0 Å². The molecule has 1 atom stereocenters. The molecule has 1 unspecified atom stereocenters. The van der Waals surface area contributed by atoms with E-state index in [1.165, 1.54) is 0 Å². The van der Waals surface area contributed by atoms with E-state index in [0.717, 1.165) is 0 Å². The molecule has 0 aliphatic carbocycles. The molecule has 54 valence electrons. The molecular weight excluding hydrogens is 136 g/mol. The minimum Gasteiger partial charge on any atom is -0.459 e. The predicted octanol–water partition coefficient (Wildman–Crippen LogP) is 1.73. The van der Waals surface area contributed by atoms with Crippen molar-refractivity contribution < 1.29 is 9.47 Å². The van der Waals surface area contributed by atoms with Crippen LogP contribution in [-0.4, -0.2) is 17.9 Å². The minimum absolute atomic E-state index is 0.201. The van der Waals surface area contributed by atoms with Gasteiger partial charge in [0.2, 0.25) is 0 Å². The van der Waals surface area contributed by atoms with Gasteiger partial charge < -0.3 is 9.47 Å². The Morgan fingerprint density at radius 2 is 2.22 bits per heavy atom. The molecule has 0 spiro atoms. The van der Waals surface area contributed by atoms with Crippen LogP contribution < -0.4 is 0 Å². The van der Waals surface area contributed by atoms with E-state index in [1.807, 2.05) is 13.8 Å². The molecule has 0 radical (unpaired) electrons. The van der Waals surface area contributed by atoms with Crippen LogP contribution >= 0.6 is 12.2 Å². The largest absolute Gasteiger partial charge is 0.459 e. The summed E-state index contributed by atoms with van der Waals surface area (Å²) in [6.07, 6.45) is -0.201. The standard InChI is InChI=1S/C6H12O2S/c1-4-7-5(2)8-6(3)9/h5H,4H2,1-3H3. The Morgan fingerprint density at radius 3 is 2.56 bits per heavy atom. The first kappa shape index (κ1) is 8.85. The first-order valence-electron chi connectivity index (χ1n) is 2.95. The number of ether oxygens (including phenoxy) is 2. The lowest BCUT2D eigenvalue weighted by molar-refractivity contribution is -0.0681. The van der Waals surface area contributed by atoms with Gasteiger partial charge in [-0.2, -0.15) is 0 Å². The molecule has 0 aliphatic rings. The van der Waals surface area contributed by atoms with Crippen LogP contribution in [0.25, 0.3) is 0 Å². The van der Waals surface area contributed by atoms with Crippen LogP contribution in [0.5, 0.6) is 0 Å². The van der Waals surface area contributed by atoms with E-state index in [4.69, 9.17) is 9.47 Å². The molecule has 0 aliphatic heterocycles. The van der Waals surface area contributed by atoms with Crippen molar-refractivity contribution in [3.8, 4) is 0 Å². The van der Waals surface area contributed by atoms with Crippen molar-refractivity contribution in [1.82, 2.24) is 0 Å². The number of hydrogen-bond acceptors (Lipinski definition) is 3. The Hall–Kier alpha value is -0.150. The highest BCUT2D eigenvalue weighted by molar-refractivity contribution is 7.80. The van der Waals surface area contributed by atoms with Crippen molar-refractivity contribution in [2.45, 2.75) is 27.1 Å². The molecule has 0 saturated carbocycles. The summed E-state index contributed by atoms with van der Waals surface area (Å²) in [6.45, 7) is 6.12. The van der Waals surface area contributed by atoms with Crippen molar-refractivity contribution in [2.24, 2.45) is 0 Å². The van der Waals surface area contributed by atoms with Crippen LogP contribution in [0.4, 0.5) is 0 Å². The second-order valence-corrected chi connectivity index (χ2v) is 2.21. The predicted molar refractivity (Wildman–Crippen MR) is 40.4 cm³/mol. The number of thiocarbonyl (C=S) groups is 1. The Balaban J connectivity index is 3.26. The minimum atomic E-state index is -0.201. The Kier molecular flexibility index (Phi) is 4.62. The van der Waals surface area contributed by atoms with E-state index in [0.29, 0.717) is 11.7 Å². The lowest BCUT2D eigenvalue weighted by Gasteiger charge is -2.11. The zero-order valence-electron chi connectivity index (χ0n) is 6.01. The quantitative estimate of drug-likeness (QED) is 0.448. The first-order chi connectivity index (χ1) is 4.16. The smallest absolute Gasteiger partial charge is 0.197 e. The highest BCUT2D eigenvalue weighted by atomic mass is 32.1. The molecule has 3 heteroatoms. The third kappa shape index (κ3) is 5.73. The van der Waals surface area contributed by atoms with Gasteiger partial charge in [0, 0.05) is 13.5 Å². The van der Waals surface area contributed by atoms with E-state index < -0.39 is 0 Å². The average Bonchev–Trinajstić information content (AvgIpc) is 1.63. The fraction of sp³-hybridized carbons (Fsp3) is 0.833. The summed E-state index contributed by atoms with van der Waals surface area (Å²) in [5, 5.41) is 0.524. The summed E-state index contributed by atoms with van der Waals surface area (Å²) in [4.78, 5) is 0. The Bertz CT molecular complexity index is 93.1. The number of rotatable bonds is 3. The molecule has 0 rings (SSSR count). The lowest BCUT2D eigenvalue weighted by Crippen LogP contribution is -2.14. The van der Waals surface area contributed by atoms with Crippen molar-refractivity contribution in [1.29, 1.82) is 0 Å². The highest BCUT2D eigenvalue weighted by Gasteiger charge is 1.99. The van der Waals surface area contributed by atoms with Crippen LogP contribution in [0.15, 0.2) is 0 Å². The van der Waals surface area contributed by atoms with Crippen molar-refractivity contribution >= 4 is 17.3 Å². The van der Waals surface area contributed by atoms with Gasteiger partial charge in [-0.3, -0.25) is 0 Å². The molecule has 0 heterocycles. The van der Waals surface area contributed by atoms with E-state index in [9.17, 15) is 0 Å². The maximum Gasteiger partial charge on any atom is 0.197 e. The van der Waals surface area contributed by atoms with Crippen molar-refractivity contribution in [3.05, 3.63) is 0 Å². The van der Waals surface area contributed by atoms with E-state index in [-0.39, 0.29) is 6.29 Å². The summed E-state index contributed by atoms with van der Waals surface area (Å²) < 4.78 is 10.0. The zero-order valence-corrected chi connectivity index (χ0v) is 6.83. The maximum absolute atomic E-state index is 5.04. The monoisotopic (exact) mass is 148 g/mol. The summed E-state index contributed by atoms with van der Waals surface area (Å²) >= 11 is 4.68. The van der Waals surface area contributed by atoms with Gasteiger partial charge in [-0.15, -0.1) is 0 Å². The van der Waals surface area contributed by atoms with Gasteiger partial charge in [-0.1, -0.05) is 0 Å². The van der Waals surface area contributed by atoms with Crippen LogP contribution in [0.2, 0.25) is 0 Å². The molecule has 0 aromatic carbocycles. The second kappa shape index (κ2) is 4.70. The summed E-state index contributed by atoms with van der Waals surface area (Å²) in [7, 11) is 0. The van der Waals surface area contributed by atoms with Gasteiger partial charge in [-0.25, -0.2) is 0 Å². The van der Waals surface area contributed by atoms with E-state index in [2.05, 4.69) is 12.2 Å². The van der Waals surface area contributed by atoms with Crippen molar-refractivity contribution in [3.63, 3.8) is 0 Å².